The highest BCUT2D eigenvalue weighted by Crippen LogP contribution is 2.23. The summed E-state index contributed by atoms with van der Waals surface area (Å²) in [5.74, 6) is -0.349. The number of carbonyl (C=O) groups is 1. The smallest absolute Gasteiger partial charge is 0.339 e. The lowest BCUT2D eigenvalue weighted by molar-refractivity contribution is 0.00683. The van der Waals surface area contributed by atoms with Crippen molar-refractivity contribution in [2.45, 2.75) is 31.3 Å². The first-order valence-electron chi connectivity index (χ1n) is 5.03. The fourth-order valence-electron chi connectivity index (χ4n) is 1.26. The van der Waals surface area contributed by atoms with Crippen molar-refractivity contribution in [3.05, 3.63) is 35.4 Å². The minimum Gasteiger partial charge on any atom is -0.456 e. The molecule has 0 saturated carbocycles. The zero-order valence-corrected chi connectivity index (χ0v) is 11.2. The minimum atomic E-state index is -0.499. The number of rotatable bonds is 2. The monoisotopic (exact) mass is 285 g/mol. The maximum atomic E-state index is 11.9. The number of nitrogens with two attached hydrogens (primary N) is 1. The van der Waals surface area contributed by atoms with Crippen LogP contribution in [0.3, 0.4) is 0 Å². The van der Waals surface area contributed by atoms with E-state index in [9.17, 15) is 4.79 Å². The van der Waals surface area contributed by atoms with Crippen LogP contribution in [0.15, 0.2) is 24.3 Å². The lowest BCUT2D eigenvalue weighted by atomic mass is 10.1. The summed E-state index contributed by atoms with van der Waals surface area (Å²) in [6, 6.07) is 7.14. The Labute approximate surface area is 104 Å². The molecule has 1 atom stereocenters. The second-order valence-electron chi connectivity index (χ2n) is 4.49. The van der Waals surface area contributed by atoms with E-state index in [4.69, 9.17) is 10.5 Å². The fourth-order valence-corrected chi connectivity index (χ4v) is 1.66. The lowest BCUT2D eigenvalue weighted by Gasteiger charge is -2.20. The molecule has 0 radical (unpaired) electrons. The molecule has 4 heteroatoms. The molecule has 0 bridgehead atoms. The van der Waals surface area contributed by atoms with Crippen LogP contribution in [0.2, 0.25) is 0 Å². The first kappa shape index (κ1) is 13.2. The van der Waals surface area contributed by atoms with Gasteiger partial charge in [0.2, 0.25) is 0 Å². The molecule has 0 heterocycles. The topological polar surface area (TPSA) is 52.3 Å². The molecule has 0 aromatic heterocycles. The molecule has 0 spiro atoms. The van der Waals surface area contributed by atoms with Crippen molar-refractivity contribution in [3.8, 4) is 0 Å². The van der Waals surface area contributed by atoms with Crippen LogP contribution < -0.4 is 5.73 Å². The van der Waals surface area contributed by atoms with Crippen molar-refractivity contribution < 1.29 is 9.53 Å². The third kappa shape index (κ3) is 3.61. The molecule has 0 fully saturated rings. The maximum absolute atomic E-state index is 11.9. The van der Waals surface area contributed by atoms with Crippen molar-refractivity contribution in [1.29, 1.82) is 0 Å². The van der Waals surface area contributed by atoms with Gasteiger partial charge < -0.3 is 10.5 Å². The van der Waals surface area contributed by atoms with Gasteiger partial charge in [0, 0.05) is 0 Å². The van der Waals surface area contributed by atoms with Gasteiger partial charge in [0.05, 0.1) is 10.5 Å². The average Bonchev–Trinajstić information content (AvgIpc) is 2.15. The van der Waals surface area contributed by atoms with Crippen LogP contribution in [-0.2, 0) is 4.74 Å². The van der Waals surface area contributed by atoms with E-state index in [1.807, 2.05) is 26.8 Å². The Bertz CT molecular complexity index is 383. The number of hydrogen-bond acceptors (Lipinski definition) is 3. The van der Waals surface area contributed by atoms with Crippen molar-refractivity contribution in [2.24, 2.45) is 5.73 Å². The second kappa shape index (κ2) is 4.97. The van der Waals surface area contributed by atoms with Crippen LogP contribution in [-0.4, -0.2) is 11.6 Å². The quantitative estimate of drug-likeness (QED) is 0.516. The molecule has 0 aliphatic rings. The van der Waals surface area contributed by atoms with Gasteiger partial charge in [-0.05, 0) is 32.4 Å². The molecular weight excluding hydrogens is 270 g/mol. The highest BCUT2D eigenvalue weighted by Gasteiger charge is 2.21. The summed E-state index contributed by atoms with van der Waals surface area (Å²) >= 11 is 3.25. The van der Waals surface area contributed by atoms with Crippen molar-refractivity contribution in [1.82, 2.24) is 0 Å². The number of alkyl halides is 1. The Morgan fingerprint density at radius 1 is 1.38 bits per heavy atom. The molecule has 3 nitrogen and oxygen atoms in total. The fraction of sp³-hybridized carbons (Fsp3) is 0.417. The Hall–Kier alpha value is -0.870. The summed E-state index contributed by atoms with van der Waals surface area (Å²) in [5, 5.41) is 0. The predicted molar refractivity (Wildman–Crippen MR) is 67.5 cm³/mol. The van der Waals surface area contributed by atoms with E-state index in [-0.39, 0.29) is 10.9 Å². The number of benzene rings is 1. The average molecular weight is 286 g/mol. The van der Waals surface area contributed by atoms with Gasteiger partial charge in [0.1, 0.15) is 5.60 Å². The first-order chi connectivity index (χ1) is 7.31. The molecule has 0 saturated heterocycles. The van der Waals surface area contributed by atoms with E-state index >= 15 is 0 Å². The second-order valence-corrected chi connectivity index (χ2v) is 5.48. The first-order valence-corrected chi connectivity index (χ1v) is 5.95. The van der Waals surface area contributed by atoms with Crippen LogP contribution >= 0.6 is 15.9 Å². The summed E-state index contributed by atoms with van der Waals surface area (Å²) in [7, 11) is 0. The van der Waals surface area contributed by atoms with Crippen molar-refractivity contribution in [3.63, 3.8) is 0 Å². The van der Waals surface area contributed by atoms with Gasteiger partial charge in [0.25, 0.3) is 0 Å². The largest absolute Gasteiger partial charge is 0.456 e. The van der Waals surface area contributed by atoms with E-state index < -0.39 is 5.60 Å². The highest BCUT2D eigenvalue weighted by atomic mass is 79.9. The third-order valence-electron chi connectivity index (χ3n) is 1.88. The predicted octanol–water partition coefficient (Wildman–Crippen LogP) is 2.99. The van der Waals surface area contributed by atoms with Crippen LogP contribution in [0, 0.1) is 0 Å². The van der Waals surface area contributed by atoms with Gasteiger partial charge in [-0.25, -0.2) is 4.79 Å². The molecule has 88 valence electrons. The summed E-state index contributed by atoms with van der Waals surface area (Å²) in [4.78, 5) is 11.5. The Morgan fingerprint density at radius 2 is 1.94 bits per heavy atom. The Balaban J connectivity index is 3.00. The molecule has 1 aromatic carbocycles. The number of ether oxygens (including phenoxy) is 1. The van der Waals surface area contributed by atoms with Crippen molar-refractivity contribution in [2.75, 3.05) is 0 Å². The number of esters is 1. The zero-order valence-electron chi connectivity index (χ0n) is 9.66. The van der Waals surface area contributed by atoms with Gasteiger partial charge in [-0.3, -0.25) is 0 Å². The Kier molecular flexibility index (Phi) is 4.10. The molecule has 1 aromatic rings. The molecule has 0 aliphatic carbocycles. The summed E-state index contributed by atoms with van der Waals surface area (Å²) in [6.45, 7) is 5.50. The molecule has 2 N–H and O–H groups in total. The summed E-state index contributed by atoms with van der Waals surface area (Å²) in [5.41, 5.74) is 6.46. The number of hydrogen-bond donors (Lipinski definition) is 1. The van der Waals surface area contributed by atoms with Gasteiger partial charge in [-0.2, -0.15) is 0 Å². The number of halogens is 1. The van der Waals surface area contributed by atoms with Gasteiger partial charge >= 0.3 is 5.97 Å². The zero-order chi connectivity index (χ0) is 12.3. The van der Waals surface area contributed by atoms with E-state index in [1.54, 1.807) is 18.2 Å². The van der Waals surface area contributed by atoms with Crippen LogP contribution in [0.25, 0.3) is 0 Å². The van der Waals surface area contributed by atoms with Gasteiger partial charge in [-0.15, -0.1) is 0 Å². The molecule has 1 rings (SSSR count). The molecular formula is C12H16BrNO2. The minimum absolute atomic E-state index is 0.349. The Morgan fingerprint density at radius 3 is 2.44 bits per heavy atom. The maximum Gasteiger partial charge on any atom is 0.339 e. The van der Waals surface area contributed by atoms with Crippen LogP contribution in [0.1, 0.15) is 41.6 Å². The molecule has 16 heavy (non-hydrogen) atoms. The summed E-state index contributed by atoms with van der Waals surface area (Å²) < 4.78 is 5.30. The van der Waals surface area contributed by atoms with Crippen molar-refractivity contribution >= 4 is 21.9 Å². The van der Waals surface area contributed by atoms with Gasteiger partial charge in [0.15, 0.2) is 0 Å². The highest BCUT2D eigenvalue weighted by molar-refractivity contribution is 9.09. The van der Waals surface area contributed by atoms with Gasteiger partial charge in [-0.1, -0.05) is 34.1 Å². The SMILES string of the molecule is CC(C)(C)OC(=O)c1ccccc1[C@@H](N)Br. The lowest BCUT2D eigenvalue weighted by Crippen LogP contribution is -2.25. The number of carbonyl (C=O) groups excluding carboxylic acids is 1. The third-order valence-corrected chi connectivity index (χ3v) is 2.37. The molecule has 0 aliphatic heterocycles. The van der Waals surface area contributed by atoms with E-state index in [0.717, 1.165) is 5.56 Å². The molecule has 0 unspecified atom stereocenters. The normalized spacial score (nSPS) is 13.3. The van der Waals surface area contributed by atoms with E-state index in [1.165, 1.54) is 0 Å². The van der Waals surface area contributed by atoms with E-state index in [2.05, 4.69) is 15.9 Å². The summed E-state index contributed by atoms with van der Waals surface area (Å²) in [6.07, 6.45) is 0. The van der Waals surface area contributed by atoms with Crippen LogP contribution in [0.4, 0.5) is 0 Å². The van der Waals surface area contributed by atoms with E-state index in [0.29, 0.717) is 5.56 Å². The van der Waals surface area contributed by atoms with Crippen LogP contribution in [0.5, 0.6) is 0 Å². The standard InChI is InChI=1S/C12H16BrNO2/c1-12(2,3)16-11(15)9-7-5-4-6-8(9)10(13)14/h4-7,10H,14H2,1-3H3/t10-/m1/s1. The molecule has 0 amide bonds.